The second-order valence-electron chi connectivity index (χ2n) is 5.09. The Morgan fingerprint density at radius 3 is 2.67 bits per heavy atom. The highest BCUT2D eigenvalue weighted by atomic mass is 79.9. The van der Waals surface area contributed by atoms with E-state index in [2.05, 4.69) is 22.9 Å². The summed E-state index contributed by atoms with van der Waals surface area (Å²) < 4.78 is 1.01. The van der Waals surface area contributed by atoms with Crippen LogP contribution in [0.1, 0.15) is 25.3 Å². The molecule has 1 aromatic carbocycles. The van der Waals surface area contributed by atoms with Crippen molar-refractivity contribution in [2.45, 2.75) is 25.2 Å². The number of carbonyl (C=O) groups excluding carboxylic acids is 1. The van der Waals surface area contributed by atoms with Crippen molar-refractivity contribution >= 4 is 21.8 Å². The lowest BCUT2D eigenvalue weighted by molar-refractivity contribution is -0.180. The number of carbonyl (C=O) groups is 1. The summed E-state index contributed by atoms with van der Waals surface area (Å²) in [5.41, 5.74) is 0.664. The fourth-order valence-electron chi connectivity index (χ4n) is 2.83. The molecule has 1 aliphatic rings. The monoisotopic (exact) mass is 311 g/mol. The molecule has 18 heavy (non-hydrogen) atoms. The van der Waals surface area contributed by atoms with E-state index in [1.807, 2.05) is 24.3 Å². The molecule has 0 saturated heterocycles. The number of hydroxylamine groups is 2. The highest BCUT2D eigenvalue weighted by molar-refractivity contribution is 9.10. The van der Waals surface area contributed by atoms with Crippen molar-refractivity contribution in [2.75, 3.05) is 14.2 Å². The summed E-state index contributed by atoms with van der Waals surface area (Å²) in [7, 11) is 3.19. The summed E-state index contributed by atoms with van der Waals surface area (Å²) in [5, 5.41) is 1.34. The van der Waals surface area contributed by atoms with Gasteiger partial charge in [0, 0.05) is 11.5 Å². The second kappa shape index (κ2) is 5.02. The zero-order valence-corrected chi connectivity index (χ0v) is 12.5. The number of rotatable bonds is 3. The molecule has 0 heterocycles. The predicted octanol–water partition coefficient (Wildman–Crippen LogP) is 3.14. The van der Waals surface area contributed by atoms with Gasteiger partial charge < -0.3 is 0 Å². The van der Waals surface area contributed by atoms with Crippen LogP contribution < -0.4 is 0 Å². The second-order valence-corrected chi connectivity index (χ2v) is 6.01. The van der Waals surface area contributed by atoms with Crippen LogP contribution in [-0.4, -0.2) is 25.1 Å². The van der Waals surface area contributed by atoms with Crippen LogP contribution in [0, 0.1) is 5.92 Å². The Bertz CT molecular complexity index is 455. The third-order valence-electron chi connectivity index (χ3n) is 3.74. The minimum absolute atomic E-state index is 0.0428. The van der Waals surface area contributed by atoms with Crippen LogP contribution in [0.3, 0.4) is 0 Å². The zero-order chi connectivity index (χ0) is 13.3. The molecule has 1 fully saturated rings. The lowest BCUT2D eigenvalue weighted by Crippen LogP contribution is -2.52. The maximum absolute atomic E-state index is 12.5. The molecule has 0 aliphatic heterocycles. The molecule has 0 aromatic heterocycles. The first-order valence-corrected chi connectivity index (χ1v) is 6.87. The number of nitrogens with zero attached hydrogens (tertiary/aromatic N) is 1. The molecule has 0 spiro atoms. The fraction of sp³-hybridized carbons (Fsp3) is 0.500. The molecule has 1 saturated carbocycles. The van der Waals surface area contributed by atoms with Crippen LogP contribution in [0.25, 0.3) is 0 Å². The van der Waals surface area contributed by atoms with Crippen LogP contribution in [0.5, 0.6) is 0 Å². The Labute approximate surface area is 116 Å². The van der Waals surface area contributed by atoms with Crippen LogP contribution in [-0.2, 0) is 15.0 Å². The molecule has 3 nitrogen and oxygen atoms in total. The maximum atomic E-state index is 12.5. The summed E-state index contributed by atoms with van der Waals surface area (Å²) in [6.07, 6.45) is 1.77. The molecule has 0 atom stereocenters. The van der Waals surface area contributed by atoms with Crippen molar-refractivity contribution in [3.63, 3.8) is 0 Å². The van der Waals surface area contributed by atoms with Crippen molar-refractivity contribution in [3.05, 3.63) is 34.3 Å². The third-order valence-corrected chi connectivity index (χ3v) is 4.23. The van der Waals surface area contributed by atoms with E-state index in [1.54, 1.807) is 7.05 Å². The summed E-state index contributed by atoms with van der Waals surface area (Å²) in [6, 6.07) is 8.01. The van der Waals surface area contributed by atoms with Crippen molar-refractivity contribution in [1.82, 2.24) is 5.06 Å². The predicted molar refractivity (Wildman–Crippen MR) is 74.0 cm³/mol. The Morgan fingerprint density at radius 1 is 1.50 bits per heavy atom. The molecular formula is C14H18BrNO2. The fourth-order valence-corrected chi connectivity index (χ4v) is 3.23. The Balaban J connectivity index is 2.36. The maximum Gasteiger partial charge on any atom is 0.256 e. The number of hydrogen-bond acceptors (Lipinski definition) is 2. The standard InChI is InChI=1S/C14H18BrNO2/c1-10-8-14(9-10,13(17)16(2)18-3)11-5-4-6-12(15)7-11/h4-7,10H,8-9H2,1-3H3. The number of halogens is 1. The summed E-state index contributed by atoms with van der Waals surface area (Å²) in [4.78, 5) is 17.6. The molecule has 1 amide bonds. The highest BCUT2D eigenvalue weighted by Crippen LogP contribution is 2.49. The largest absolute Gasteiger partial charge is 0.275 e. The molecule has 98 valence electrons. The smallest absolute Gasteiger partial charge is 0.256 e. The summed E-state index contributed by atoms with van der Waals surface area (Å²) >= 11 is 3.47. The minimum Gasteiger partial charge on any atom is -0.275 e. The van der Waals surface area contributed by atoms with Gasteiger partial charge in [-0.05, 0) is 36.5 Å². The lowest BCUT2D eigenvalue weighted by Gasteiger charge is -2.46. The Kier molecular flexibility index (Phi) is 3.78. The first kappa shape index (κ1) is 13.6. The van der Waals surface area contributed by atoms with Crippen LogP contribution in [0.15, 0.2) is 28.7 Å². The van der Waals surface area contributed by atoms with E-state index in [0.29, 0.717) is 5.92 Å². The van der Waals surface area contributed by atoms with Gasteiger partial charge in [-0.15, -0.1) is 0 Å². The van der Waals surface area contributed by atoms with Gasteiger partial charge in [0.25, 0.3) is 5.91 Å². The number of benzene rings is 1. The molecule has 1 aromatic rings. The van der Waals surface area contributed by atoms with Crippen LogP contribution >= 0.6 is 15.9 Å². The lowest BCUT2D eigenvalue weighted by atomic mass is 9.58. The first-order valence-electron chi connectivity index (χ1n) is 6.08. The summed E-state index contributed by atoms with van der Waals surface area (Å²) in [6.45, 7) is 2.18. The molecule has 1 aliphatic carbocycles. The average molecular weight is 312 g/mol. The molecule has 0 N–H and O–H groups in total. The van der Waals surface area contributed by atoms with E-state index < -0.39 is 5.41 Å². The van der Waals surface area contributed by atoms with Gasteiger partial charge >= 0.3 is 0 Å². The normalized spacial score (nSPS) is 26.6. The van der Waals surface area contributed by atoms with E-state index in [0.717, 1.165) is 22.9 Å². The quantitative estimate of drug-likeness (QED) is 0.803. The molecule has 0 radical (unpaired) electrons. The van der Waals surface area contributed by atoms with E-state index in [9.17, 15) is 4.79 Å². The average Bonchev–Trinajstić information content (AvgIpc) is 2.32. The zero-order valence-electron chi connectivity index (χ0n) is 10.9. The molecule has 4 heteroatoms. The number of hydrogen-bond donors (Lipinski definition) is 0. The molecule has 2 rings (SSSR count). The van der Waals surface area contributed by atoms with E-state index in [4.69, 9.17) is 4.84 Å². The van der Waals surface area contributed by atoms with Gasteiger partial charge in [-0.3, -0.25) is 9.63 Å². The van der Waals surface area contributed by atoms with Crippen molar-refractivity contribution in [3.8, 4) is 0 Å². The van der Waals surface area contributed by atoms with Gasteiger partial charge in [0.15, 0.2) is 0 Å². The van der Waals surface area contributed by atoms with E-state index in [-0.39, 0.29) is 5.91 Å². The molecule has 0 unspecified atom stereocenters. The van der Waals surface area contributed by atoms with Gasteiger partial charge in [0.05, 0.1) is 12.5 Å². The SMILES string of the molecule is CON(C)C(=O)C1(c2cccc(Br)c2)CC(C)C1. The van der Waals surface area contributed by atoms with Gasteiger partial charge in [-0.1, -0.05) is 35.0 Å². The number of amides is 1. The molecule has 0 bridgehead atoms. The first-order chi connectivity index (χ1) is 8.49. The van der Waals surface area contributed by atoms with E-state index in [1.165, 1.54) is 12.2 Å². The van der Waals surface area contributed by atoms with Gasteiger partial charge in [-0.2, -0.15) is 0 Å². The van der Waals surface area contributed by atoms with Crippen LogP contribution in [0.2, 0.25) is 0 Å². The van der Waals surface area contributed by atoms with Crippen LogP contribution in [0.4, 0.5) is 0 Å². The highest BCUT2D eigenvalue weighted by Gasteiger charge is 2.51. The topological polar surface area (TPSA) is 29.5 Å². The number of likely N-dealkylation sites (N-methyl/N-ethyl adjacent to an activating group) is 1. The van der Waals surface area contributed by atoms with E-state index >= 15 is 0 Å². The summed E-state index contributed by atoms with van der Waals surface area (Å²) in [5.74, 6) is 0.624. The van der Waals surface area contributed by atoms with Gasteiger partial charge in [-0.25, -0.2) is 5.06 Å². The Hall–Kier alpha value is -0.870. The van der Waals surface area contributed by atoms with Gasteiger partial charge in [0.2, 0.25) is 0 Å². The molecular weight excluding hydrogens is 294 g/mol. The minimum atomic E-state index is -0.409. The Morgan fingerprint density at radius 2 is 2.17 bits per heavy atom. The van der Waals surface area contributed by atoms with Crippen molar-refractivity contribution in [2.24, 2.45) is 5.92 Å². The van der Waals surface area contributed by atoms with Crippen molar-refractivity contribution in [1.29, 1.82) is 0 Å². The van der Waals surface area contributed by atoms with Crippen molar-refractivity contribution < 1.29 is 9.63 Å². The third kappa shape index (κ3) is 2.19. The van der Waals surface area contributed by atoms with Gasteiger partial charge in [0.1, 0.15) is 0 Å².